The number of fused-ring (bicyclic) bond motifs is 1. The third-order valence-electron chi connectivity index (χ3n) is 4.58. The zero-order valence-electron chi connectivity index (χ0n) is 15.2. The van der Waals surface area contributed by atoms with Crippen molar-refractivity contribution in [3.63, 3.8) is 0 Å². The van der Waals surface area contributed by atoms with E-state index in [0.717, 1.165) is 47.9 Å². The van der Waals surface area contributed by atoms with Crippen molar-refractivity contribution in [1.29, 1.82) is 0 Å². The number of amides is 2. The van der Waals surface area contributed by atoms with Gasteiger partial charge in [0.15, 0.2) is 0 Å². The van der Waals surface area contributed by atoms with Crippen LogP contribution in [-0.2, 0) is 13.0 Å². The van der Waals surface area contributed by atoms with E-state index in [0.29, 0.717) is 12.3 Å². The summed E-state index contributed by atoms with van der Waals surface area (Å²) in [6, 6.07) is 14.8. The zero-order valence-corrected chi connectivity index (χ0v) is 15.2. The summed E-state index contributed by atoms with van der Waals surface area (Å²) < 4.78 is 7.66. The number of aromatic nitrogens is 2. The van der Waals surface area contributed by atoms with E-state index in [1.54, 1.807) is 0 Å². The van der Waals surface area contributed by atoms with Gasteiger partial charge in [-0.15, -0.1) is 0 Å². The van der Waals surface area contributed by atoms with Crippen molar-refractivity contribution in [2.75, 3.05) is 17.2 Å². The van der Waals surface area contributed by atoms with Crippen LogP contribution in [-0.4, -0.2) is 22.2 Å². The van der Waals surface area contributed by atoms with Gasteiger partial charge in [0, 0.05) is 24.3 Å². The van der Waals surface area contributed by atoms with E-state index in [9.17, 15) is 4.79 Å². The molecule has 0 spiro atoms. The van der Waals surface area contributed by atoms with Crippen molar-refractivity contribution in [1.82, 2.24) is 9.55 Å². The molecular weight excluding hydrogens is 340 g/mol. The number of anilines is 2. The molecule has 1 aliphatic heterocycles. The van der Waals surface area contributed by atoms with Crippen LogP contribution in [0.2, 0.25) is 0 Å². The van der Waals surface area contributed by atoms with E-state index in [4.69, 9.17) is 4.74 Å². The minimum Gasteiger partial charge on any atom is -0.494 e. The Morgan fingerprint density at radius 1 is 1.07 bits per heavy atom. The molecule has 2 amide bonds. The summed E-state index contributed by atoms with van der Waals surface area (Å²) in [5.41, 5.74) is 3.69. The average Bonchev–Trinajstić information content (AvgIpc) is 3.28. The van der Waals surface area contributed by atoms with Crippen molar-refractivity contribution < 1.29 is 9.53 Å². The molecule has 0 atom stereocenters. The van der Waals surface area contributed by atoms with E-state index in [1.807, 2.05) is 61.7 Å². The molecule has 0 radical (unpaired) electrons. The minimum absolute atomic E-state index is 0.280. The fourth-order valence-corrected chi connectivity index (χ4v) is 3.31. The number of carbonyl (C=O) groups excluding carboxylic acids is 1. The molecule has 0 saturated carbocycles. The summed E-state index contributed by atoms with van der Waals surface area (Å²) in [5.74, 6) is 1.94. The number of hydrogen-bond donors (Lipinski definition) is 2. The lowest BCUT2D eigenvalue weighted by Gasteiger charge is -2.10. The fourth-order valence-electron chi connectivity index (χ4n) is 3.31. The lowest BCUT2D eigenvalue weighted by atomic mass is 10.1. The minimum atomic E-state index is -0.280. The molecule has 6 heteroatoms. The van der Waals surface area contributed by atoms with Crippen molar-refractivity contribution in [2.45, 2.75) is 26.3 Å². The number of hydrogen-bond acceptors (Lipinski definition) is 3. The fraction of sp³-hybridized carbons (Fsp3) is 0.238. The SMILES string of the molecule is CCOc1ccc(NC(=O)Nc2ccc(-c3cnc4n3CCC4)cc2)cc1. The molecule has 2 aromatic carbocycles. The van der Waals surface area contributed by atoms with E-state index in [2.05, 4.69) is 20.2 Å². The molecule has 4 rings (SSSR count). The molecule has 0 fully saturated rings. The molecule has 138 valence electrons. The molecule has 2 N–H and O–H groups in total. The Balaban J connectivity index is 1.38. The van der Waals surface area contributed by atoms with Crippen LogP contribution in [0.4, 0.5) is 16.2 Å². The van der Waals surface area contributed by atoms with Gasteiger partial charge in [-0.2, -0.15) is 0 Å². The Bertz CT molecular complexity index is 930. The highest BCUT2D eigenvalue weighted by Crippen LogP contribution is 2.26. The van der Waals surface area contributed by atoms with Crippen LogP contribution in [0.25, 0.3) is 11.3 Å². The molecule has 0 aliphatic carbocycles. The molecule has 0 saturated heterocycles. The summed E-state index contributed by atoms with van der Waals surface area (Å²) in [6.07, 6.45) is 4.13. The average molecular weight is 362 g/mol. The van der Waals surface area contributed by atoms with Crippen LogP contribution in [0.3, 0.4) is 0 Å². The van der Waals surface area contributed by atoms with Gasteiger partial charge in [-0.1, -0.05) is 12.1 Å². The van der Waals surface area contributed by atoms with E-state index in [-0.39, 0.29) is 6.03 Å². The molecule has 1 aliphatic rings. The number of nitrogens with one attached hydrogen (secondary N) is 2. The predicted molar refractivity (Wildman–Crippen MR) is 106 cm³/mol. The normalized spacial score (nSPS) is 12.5. The van der Waals surface area contributed by atoms with Crippen LogP contribution < -0.4 is 15.4 Å². The lowest BCUT2D eigenvalue weighted by molar-refractivity contribution is 0.262. The van der Waals surface area contributed by atoms with Gasteiger partial charge in [-0.05, 0) is 55.3 Å². The smallest absolute Gasteiger partial charge is 0.323 e. The molecular formula is C21H22N4O2. The van der Waals surface area contributed by atoms with Crippen LogP contribution >= 0.6 is 0 Å². The van der Waals surface area contributed by atoms with Gasteiger partial charge in [0.05, 0.1) is 18.5 Å². The summed E-state index contributed by atoms with van der Waals surface area (Å²) in [4.78, 5) is 16.7. The number of urea groups is 1. The summed E-state index contributed by atoms with van der Waals surface area (Å²) in [5, 5.41) is 5.67. The van der Waals surface area contributed by atoms with E-state index >= 15 is 0 Å². The Morgan fingerprint density at radius 2 is 1.74 bits per heavy atom. The van der Waals surface area contributed by atoms with Gasteiger partial charge in [0.1, 0.15) is 11.6 Å². The van der Waals surface area contributed by atoms with Gasteiger partial charge in [-0.3, -0.25) is 0 Å². The van der Waals surface area contributed by atoms with Crippen molar-refractivity contribution in [2.24, 2.45) is 0 Å². The Morgan fingerprint density at radius 3 is 2.41 bits per heavy atom. The first kappa shape index (κ1) is 17.1. The van der Waals surface area contributed by atoms with Gasteiger partial charge >= 0.3 is 6.03 Å². The van der Waals surface area contributed by atoms with Gasteiger partial charge in [-0.25, -0.2) is 9.78 Å². The largest absolute Gasteiger partial charge is 0.494 e. The standard InChI is InChI=1S/C21H22N4O2/c1-2-27-18-11-9-17(10-12-18)24-21(26)23-16-7-5-15(6-8-16)19-14-22-20-4-3-13-25(19)20/h5-12,14H,2-4,13H2,1H3,(H2,23,24,26). The lowest BCUT2D eigenvalue weighted by Crippen LogP contribution is -2.19. The Labute approximate surface area is 158 Å². The first-order valence-electron chi connectivity index (χ1n) is 9.18. The molecule has 27 heavy (non-hydrogen) atoms. The maximum absolute atomic E-state index is 12.2. The molecule has 0 bridgehead atoms. The third kappa shape index (κ3) is 3.79. The number of aryl methyl sites for hydroxylation is 1. The molecule has 2 heterocycles. The number of benzene rings is 2. The highest BCUT2D eigenvalue weighted by atomic mass is 16.5. The molecule has 6 nitrogen and oxygen atoms in total. The highest BCUT2D eigenvalue weighted by Gasteiger charge is 2.16. The van der Waals surface area contributed by atoms with E-state index in [1.165, 1.54) is 0 Å². The first-order chi connectivity index (χ1) is 13.2. The maximum atomic E-state index is 12.2. The van der Waals surface area contributed by atoms with Crippen LogP contribution in [0.5, 0.6) is 5.75 Å². The van der Waals surface area contributed by atoms with Gasteiger partial charge in [0.25, 0.3) is 0 Å². The summed E-state index contributed by atoms with van der Waals surface area (Å²) >= 11 is 0. The Hall–Kier alpha value is -3.28. The van der Waals surface area contributed by atoms with Crippen molar-refractivity contribution in [3.8, 4) is 17.0 Å². The van der Waals surface area contributed by atoms with Crippen LogP contribution in [0.15, 0.2) is 54.7 Å². The van der Waals surface area contributed by atoms with Crippen molar-refractivity contribution in [3.05, 3.63) is 60.6 Å². The van der Waals surface area contributed by atoms with Crippen LogP contribution in [0, 0.1) is 0 Å². The predicted octanol–water partition coefficient (Wildman–Crippen LogP) is 4.54. The quantitative estimate of drug-likeness (QED) is 0.700. The molecule has 0 unspecified atom stereocenters. The molecule has 1 aromatic heterocycles. The van der Waals surface area contributed by atoms with E-state index < -0.39 is 0 Å². The van der Waals surface area contributed by atoms with Crippen LogP contribution in [0.1, 0.15) is 19.2 Å². The first-order valence-corrected chi connectivity index (χ1v) is 9.18. The maximum Gasteiger partial charge on any atom is 0.323 e. The molecule has 3 aromatic rings. The number of imidazole rings is 1. The summed E-state index contributed by atoms with van der Waals surface area (Å²) in [6.45, 7) is 3.58. The number of nitrogens with zero attached hydrogens (tertiary/aromatic N) is 2. The number of ether oxygens (including phenoxy) is 1. The zero-order chi connectivity index (χ0) is 18.6. The second-order valence-corrected chi connectivity index (χ2v) is 6.43. The number of carbonyl (C=O) groups is 1. The highest BCUT2D eigenvalue weighted by molar-refractivity contribution is 5.99. The Kier molecular flexibility index (Phi) is 4.78. The van der Waals surface area contributed by atoms with Gasteiger partial charge in [0.2, 0.25) is 0 Å². The second-order valence-electron chi connectivity index (χ2n) is 6.43. The topological polar surface area (TPSA) is 68.2 Å². The van der Waals surface area contributed by atoms with Crippen molar-refractivity contribution >= 4 is 17.4 Å². The second kappa shape index (κ2) is 7.53. The monoisotopic (exact) mass is 362 g/mol. The number of rotatable bonds is 5. The third-order valence-corrected chi connectivity index (χ3v) is 4.58. The summed E-state index contributed by atoms with van der Waals surface area (Å²) in [7, 11) is 0. The van der Waals surface area contributed by atoms with Gasteiger partial charge < -0.3 is 19.9 Å².